The van der Waals surface area contributed by atoms with E-state index in [4.69, 9.17) is 14.2 Å². The molecule has 0 radical (unpaired) electrons. The SMILES string of the molecule is O=C(COC(=O)c1n[nH]c2ccccc12)Nc1ccc2c(c1)OCCCO2. The summed E-state index contributed by atoms with van der Waals surface area (Å²) in [6, 6.07) is 12.3. The summed E-state index contributed by atoms with van der Waals surface area (Å²) in [5.74, 6) is 0.0894. The first-order valence-electron chi connectivity index (χ1n) is 8.50. The van der Waals surface area contributed by atoms with Crippen molar-refractivity contribution in [2.24, 2.45) is 0 Å². The number of anilines is 1. The number of para-hydroxylation sites is 1. The van der Waals surface area contributed by atoms with E-state index in [0.29, 0.717) is 35.8 Å². The number of hydrogen-bond acceptors (Lipinski definition) is 6. The van der Waals surface area contributed by atoms with Crippen molar-refractivity contribution in [3.05, 3.63) is 48.2 Å². The number of carbonyl (C=O) groups excluding carboxylic acids is 2. The van der Waals surface area contributed by atoms with E-state index < -0.39 is 18.5 Å². The van der Waals surface area contributed by atoms with Crippen LogP contribution in [0.25, 0.3) is 10.9 Å². The highest BCUT2D eigenvalue weighted by molar-refractivity contribution is 6.03. The van der Waals surface area contributed by atoms with Crippen molar-refractivity contribution >= 4 is 28.5 Å². The molecule has 0 saturated heterocycles. The molecule has 27 heavy (non-hydrogen) atoms. The summed E-state index contributed by atoms with van der Waals surface area (Å²) in [4.78, 5) is 24.3. The monoisotopic (exact) mass is 367 g/mol. The zero-order valence-corrected chi connectivity index (χ0v) is 14.4. The fraction of sp³-hybridized carbons (Fsp3) is 0.211. The molecule has 0 spiro atoms. The molecule has 1 aromatic heterocycles. The minimum atomic E-state index is -0.665. The molecule has 2 aromatic carbocycles. The van der Waals surface area contributed by atoms with Crippen LogP contribution in [0.3, 0.4) is 0 Å². The molecule has 0 saturated carbocycles. The van der Waals surface area contributed by atoms with Gasteiger partial charge in [-0.05, 0) is 18.2 Å². The van der Waals surface area contributed by atoms with E-state index in [-0.39, 0.29) is 5.69 Å². The highest BCUT2D eigenvalue weighted by atomic mass is 16.5. The van der Waals surface area contributed by atoms with Crippen molar-refractivity contribution < 1.29 is 23.8 Å². The molecule has 8 heteroatoms. The van der Waals surface area contributed by atoms with Gasteiger partial charge >= 0.3 is 5.97 Å². The van der Waals surface area contributed by atoms with Crippen LogP contribution in [0, 0.1) is 0 Å². The van der Waals surface area contributed by atoms with Gasteiger partial charge in [-0.2, -0.15) is 5.10 Å². The molecule has 1 amide bonds. The predicted octanol–water partition coefficient (Wildman–Crippen LogP) is 2.52. The van der Waals surface area contributed by atoms with Gasteiger partial charge in [0.2, 0.25) is 0 Å². The lowest BCUT2D eigenvalue weighted by Gasteiger charge is -2.10. The number of esters is 1. The van der Waals surface area contributed by atoms with Crippen LogP contribution in [-0.4, -0.2) is 41.9 Å². The minimum absolute atomic E-state index is 0.147. The molecule has 2 N–H and O–H groups in total. The predicted molar refractivity (Wildman–Crippen MR) is 97.1 cm³/mol. The van der Waals surface area contributed by atoms with Gasteiger partial charge in [0.1, 0.15) is 0 Å². The fourth-order valence-corrected chi connectivity index (χ4v) is 2.76. The first kappa shape index (κ1) is 16.9. The number of nitrogens with zero attached hydrogens (tertiary/aromatic N) is 1. The first-order chi connectivity index (χ1) is 13.2. The Balaban J connectivity index is 1.37. The summed E-state index contributed by atoms with van der Waals surface area (Å²) < 4.78 is 16.2. The maximum absolute atomic E-state index is 12.2. The Labute approximate surface area is 154 Å². The quantitative estimate of drug-likeness (QED) is 0.687. The Bertz CT molecular complexity index is 998. The molecule has 0 fully saturated rings. The smallest absolute Gasteiger partial charge is 0.359 e. The number of aromatic nitrogens is 2. The zero-order chi connectivity index (χ0) is 18.6. The molecule has 0 unspecified atom stereocenters. The van der Waals surface area contributed by atoms with Crippen molar-refractivity contribution in [3.8, 4) is 11.5 Å². The molecule has 1 aliphatic rings. The van der Waals surface area contributed by atoms with Crippen LogP contribution in [0.15, 0.2) is 42.5 Å². The molecular formula is C19H17N3O5. The number of rotatable bonds is 4. The second-order valence-electron chi connectivity index (χ2n) is 5.95. The molecule has 0 aliphatic carbocycles. The third-order valence-electron chi connectivity index (χ3n) is 4.03. The van der Waals surface area contributed by atoms with Crippen molar-refractivity contribution in [2.45, 2.75) is 6.42 Å². The van der Waals surface area contributed by atoms with E-state index >= 15 is 0 Å². The van der Waals surface area contributed by atoms with Gasteiger partial charge in [-0.1, -0.05) is 18.2 Å². The topological polar surface area (TPSA) is 103 Å². The van der Waals surface area contributed by atoms with Crippen molar-refractivity contribution in [1.82, 2.24) is 10.2 Å². The summed E-state index contributed by atoms with van der Waals surface area (Å²) in [5.41, 5.74) is 1.40. The second kappa shape index (κ2) is 7.36. The summed E-state index contributed by atoms with van der Waals surface area (Å²) in [5, 5.41) is 10.0. The summed E-state index contributed by atoms with van der Waals surface area (Å²) >= 11 is 0. The Hall–Kier alpha value is -3.55. The van der Waals surface area contributed by atoms with Gasteiger partial charge < -0.3 is 19.5 Å². The second-order valence-corrected chi connectivity index (χ2v) is 5.95. The van der Waals surface area contributed by atoms with Crippen LogP contribution >= 0.6 is 0 Å². The number of benzene rings is 2. The van der Waals surface area contributed by atoms with E-state index in [1.54, 1.807) is 36.4 Å². The molecule has 2 heterocycles. The van der Waals surface area contributed by atoms with Crippen molar-refractivity contribution in [1.29, 1.82) is 0 Å². The minimum Gasteiger partial charge on any atom is -0.490 e. The van der Waals surface area contributed by atoms with Gasteiger partial charge in [-0.3, -0.25) is 9.89 Å². The number of amides is 1. The maximum Gasteiger partial charge on any atom is 0.359 e. The normalized spacial score (nSPS) is 13.0. The third-order valence-corrected chi connectivity index (χ3v) is 4.03. The average Bonchev–Trinajstić information content (AvgIpc) is 2.97. The highest BCUT2D eigenvalue weighted by Crippen LogP contribution is 2.32. The van der Waals surface area contributed by atoms with E-state index in [1.165, 1.54) is 0 Å². The van der Waals surface area contributed by atoms with Gasteiger partial charge in [0, 0.05) is 23.6 Å². The maximum atomic E-state index is 12.2. The standard InChI is InChI=1S/C19H17N3O5/c23-17(20-12-6-7-15-16(10-12)26-9-3-8-25-15)11-27-19(24)18-13-4-1-2-5-14(13)21-22-18/h1-2,4-7,10H,3,8-9,11H2,(H,20,23)(H,21,22). The van der Waals surface area contributed by atoms with Crippen molar-refractivity contribution in [2.75, 3.05) is 25.1 Å². The lowest BCUT2D eigenvalue weighted by Crippen LogP contribution is -2.21. The number of fused-ring (bicyclic) bond motifs is 2. The molecule has 0 bridgehead atoms. The molecule has 3 aromatic rings. The summed E-state index contributed by atoms with van der Waals surface area (Å²) in [7, 11) is 0. The average molecular weight is 367 g/mol. The number of aromatic amines is 1. The number of H-pyrrole nitrogens is 1. The first-order valence-corrected chi connectivity index (χ1v) is 8.50. The van der Waals surface area contributed by atoms with Crippen LogP contribution in [0.5, 0.6) is 11.5 Å². The van der Waals surface area contributed by atoms with Gasteiger partial charge in [0.05, 0.1) is 18.7 Å². The largest absolute Gasteiger partial charge is 0.490 e. The highest BCUT2D eigenvalue weighted by Gasteiger charge is 2.17. The van der Waals surface area contributed by atoms with Crippen LogP contribution < -0.4 is 14.8 Å². The molecule has 4 rings (SSSR count). The fourth-order valence-electron chi connectivity index (χ4n) is 2.76. The number of ether oxygens (including phenoxy) is 3. The Kier molecular flexibility index (Phi) is 4.61. The molecular weight excluding hydrogens is 350 g/mol. The van der Waals surface area contributed by atoms with Crippen molar-refractivity contribution in [3.63, 3.8) is 0 Å². The number of carbonyl (C=O) groups is 2. The Morgan fingerprint density at radius 1 is 1.11 bits per heavy atom. The number of hydrogen-bond donors (Lipinski definition) is 2. The molecule has 8 nitrogen and oxygen atoms in total. The molecule has 1 aliphatic heterocycles. The van der Waals surface area contributed by atoms with Gasteiger partial charge in [0.25, 0.3) is 5.91 Å². The summed E-state index contributed by atoms with van der Waals surface area (Å²) in [6.07, 6.45) is 0.800. The van der Waals surface area contributed by atoms with E-state index in [2.05, 4.69) is 15.5 Å². The van der Waals surface area contributed by atoms with Gasteiger partial charge in [-0.15, -0.1) is 0 Å². The van der Waals surface area contributed by atoms with E-state index in [0.717, 1.165) is 11.9 Å². The molecule has 0 atom stereocenters. The zero-order valence-electron chi connectivity index (χ0n) is 14.4. The van der Waals surface area contributed by atoms with Crippen LogP contribution in [0.2, 0.25) is 0 Å². The van der Waals surface area contributed by atoms with Gasteiger partial charge in [0.15, 0.2) is 23.8 Å². The lowest BCUT2D eigenvalue weighted by molar-refractivity contribution is -0.119. The van der Waals surface area contributed by atoms with Crippen LogP contribution in [0.1, 0.15) is 16.9 Å². The Morgan fingerprint density at radius 2 is 1.93 bits per heavy atom. The van der Waals surface area contributed by atoms with E-state index in [9.17, 15) is 9.59 Å². The molecule has 138 valence electrons. The van der Waals surface area contributed by atoms with Crippen LogP contribution in [0.4, 0.5) is 5.69 Å². The number of nitrogens with one attached hydrogen (secondary N) is 2. The Morgan fingerprint density at radius 3 is 2.81 bits per heavy atom. The van der Waals surface area contributed by atoms with Gasteiger partial charge in [-0.25, -0.2) is 4.79 Å². The van der Waals surface area contributed by atoms with Crippen LogP contribution in [-0.2, 0) is 9.53 Å². The van der Waals surface area contributed by atoms with E-state index in [1.807, 2.05) is 6.07 Å². The summed E-state index contributed by atoms with van der Waals surface area (Å²) in [6.45, 7) is 0.727. The third kappa shape index (κ3) is 3.69. The lowest BCUT2D eigenvalue weighted by atomic mass is 10.2.